The second kappa shape index (κ2) is 11.5. The van der Waals surface area contributed by atoms with Crippen molar-refractivity contribution in [3.63, 3.8) is 0 Å². The molecule has 0 unspecified atom stereocenters. The summed E-state index contributed by atoms with van der Waals surface area (Å²) in [6, 6.07) is 16.3. The molecule has 0 radical (unpaired) electrons. The van der Waals surface area contributed by atoms with Crippen molar-refractivity contribution in [1.82, 2.24) is 15.5 Å². The summed E-state index contributed by atoms with van der Waals surface area (Å²) in [7, 11) is 0. The molecule has 5 rings (SSSR count). The molecule has 2 aromatic rings. The van der Waals surface area contributed by atoms with Crippen LogP contribution in [-0.2, 0) is 0 Å². The van der Waals surface area contributed by atoms with E-state index in [0.717, 1.165) is 64.0 Å². The van der Waals surface area contributed by atoms with Crippen LogP contribution in [0.2, 0.25) is 0 Å². The van der Waals surface area contributed by atoms with Gasteiger partial charge in [-0.25, -0.2) is 4.39 Å². The number of hydrogen-bond donors (Lipinski definition) is 2. The van der Waals surface area contributed by atoms with E-state index < -0.39 is 0 Å². The van der Waals surface area contributed by atoms with Crippen molar-refractivity contribution in [2.45, 2.75) is 69.5 Å². The molecule has 0 spiro atoms. The van der Waals surface area contributed by atoms with E-state index >= 15 is 0 Å². The average Bonchev–Trinajstić information content (AvgIpc) is 3.61. The summed E-state index contributed by atoms with van der Waals surface area (Å²) in [5, 5.41) is 7.00. The lowest BCUT2D eigenvalue weighted by Crippen LogP contribution is -2.45. The third-order valence-electron chi connectivity index (χ3n) is 8.12. The molecule has 3 fully saturated rings. The van der Waals surface area contributed by atoms with Crippen LogP contribution in [0.15, 0.2) is 48.5 Å². The maximum Gasteiger partial charge on any atom is 0.251 e. The number of piperidine rings is 1. The lowest BCUT2D eigenvalue weighted by Gasteiger charge is -2.36. The highest BCUT2D eigenvalue weighted by molar-refractivity contribution is 5.94. The molecule has 35 heavy (non-hydrogen) atoms. The fourth-order valence-electron chi connectivity index (χ4n) is 5.98. The quantitative estimate of drug-likeness (QED) is 0.567. The first-order valence-corrected chi connectivity index (χ1v) is 13.5. The van der Waals surface area contributed by atoms with Gasteiger partial charge in [-0.1, -0.05) is 25.0 Å². The van der Waals surface area contributed by atoms with Crippen molar-refractivity contribution < 1.29 is 9.18 Å². The molecule has 1 aliphatic carbocycles. The van der Waals surface area contributed by atoms with Gasteiger partial charge in [0.15, 0.2) is 0 Å². The minimum Gasteiger partial charge on any atom is -0.371 e. The molecule has 1 atom stereocenters. The summed E-state index contributed by atoms with van der Waals surface area (Å²) < 4.78 is 13.5. The lowest BCUT2D eigenvalue weighted by atomic mass is 10.0. The van der Waals surface area contributed by atoms with Crippen LogP contribution in [0.1, 0.15) is 73.3 Å². The highest BCUT2D eigenvalue weighted by atomic mass is 19.1. The molecular formula is C29H39FN4O. The third kappa shape index (κ3) is 6.22. The molecule has 1 saturated carbocycles. The van der Waals surface area contributed by atoms with E-state index in [1.807, 2.05) is 24.3 Å². The molecule has 5 nitrogen and oxygen atoms in total. The number of anilines is 1. The Labute approximate surface area is 209 Å². The van der Waals surface area contributed by atoms with Gasteiger partial charge in [0.05, 0.1) is 0 Å². The van der Waals surface area contributed by atoms with Crippen LogP contribution >= 0.6 is 0 Å². The zero-order chi connectivity index (χ0) is 24.0. The summed E-state index contributed by atoms with van der Waals surface area (Å²) in [6.45, 7) is 5.17. The number of halogens is 1. The molecular weight excluding hydrogens is 439 g/mol. The minimum atomic E-state index is -0.170. The topological polar surface area (TPSA) is 47.6 Å². The predicted molar refractivity (Wildman–Crippen MR) is 139 cm³/mol. The Morgan fingerprint density at radius 3 is 2.14 bits per heavy atom. The van der Waals surface area contributed by atoms with Gasteiger partial charge in [-0.2, -0.15) is 0 Å². The summed E-state index contributed by atoms with van der Waals surface area (Å²) >= 11 is 0. The smallest absolute Gasteiger partial charge is 0.251 e. The van der Waals surface area contributed by atoms with E-state index in [1.54, 1.807) is 12.1 Å². The van der Waals surface area contributed by atoms with Crippen LogP contribution < -0.4 is 15.5 Å². The van der Waals surface area contributed by atoms with E-state index in [-0.39, 0.29) is 11.7 Å². The van der Waals surface area contributed by atoms with Gasteiger partial charge in [0.2, 0.25) is 0 Å². The normalized spacial score (nSPS) is 20.9. The van der Waals surface area contributed by atoms with Gasteiger partial charge < -0.3 is 15.5 Å². The highest BCUT2D eigenvalue weighted by Gasteiger charge is 2.26. The maximum absolute atomic E-state index is 13.5. The van der Waals surface area contributed by atoms with Crippen LogP contribution in [0.4, 0.5) is 10.1 Å². The number of rotatable bonds is 8. The number of carbonyl (C=O) groups excluding carboxylic acids is 1. The van der Waals surface area contributed by atoms with Crippen molar-refractivity contribution in [2.24, 2.45) is 0 Å². The zero-order valence-electron chi connectivity index (χ0n) is 20.7. The molecule has 2 aliphatic heterocycles. The second-order valence-corrected chi connectivity index (χ2v) is 10.5. The Kier molecular flexibility index (Phi) is 7.99. The predicted octanol–water partition coefficient (Wildman–Crippen LogP) is 4.89. The van der Waals surface area contributed by atoms with Gasteiger partial charge >= 0.3 is 0 Å². The molecule has 2 heterocycles. The van der Waals surface area contributed by atoms with Crippen LogP contribution in [-0.4, -0.2) is 55.6 Å². The largest absolute Gasteiger partial charge is 0.371 e. The number of nitrogens with zero attached hydrogens (tertiary/aromatic N) is 2. The van der Waals surface area contributed by atoms with E-state index in [4.69, 9.17) is 0 Å². The number of amides is 1. The van der Waals surface area contributed by atoms with Gasteiger partial charge in [-0.05, 0) is 93.6 Å². The lowest BCUT2D eigenvalue weighted by molar-refractivity contribution is 0.0938. The molecule has 1 amide bonds. The number of hydrogen-bond acceptors (Lipinski definition) is 4. The van der Waals surface area contributed by atoms with Crippen LogP contribution in [0.5, 0.6) is 0 Å². The molecule has 3 aliphatic rings. The number of carbonyl (C=O) groups is 1. The molecule has 2 aromatic carbocycles. The molecule has 0 aromatic heterocycles. The molecule has 0 bridgehead atoms. The van der Waals surface area contributed by atoms with E-state index in [1.165, 1.54) is 36.9 Å². The Balaban J connectivity index is 1.11. The van der Waals surface area contributed by atoms with Crippen LogP contribution in [0, 0.1) is 5.82 Å². The van der Waals surface area contributed by atoms with Crippen LogP contribution in [0.25, 0.3) is 0 Å². The summed E-state index contributed by atoms with van der Waals surface area (Å²) in [5.41, 5.74) is 3.16. The number of nitrogens with one attached hydrogen (secondary N) is 2. The SMILES string of the molecule is O=C(NC1CCCC1)c1ccc(N2CCC(NC[C@@H](c3ccc(F)cc3)N3CCCC3)CC2)cc1. The van der Waals surface area contributed by atoms with Gasteiger partial charge in [0.25, 0.3) is 5.91 Å². The average molecular weight is 479 g/mol. The third-order valence-corrected chi connectivity index (χ3v) is 8.12. The highest BCUT2D eigenvalue weighted by Crippen LogP contribution is 2.26. The zero-order valence-corrected chi connectivity index (χ0v) is 20.7. The fraction of sp³-hybridized carbons (Fsp3) is 0.552. The van der Waals surface area contributed by atoms with Crippen molar-refractivity contribution >= 4 is 11.6 Å². The second-order valence-electron chi connectivity index (χ2n) is 10.5. The Morgan fingerprint density at radius 2 is 1.49 bits per heavy atom. The van der Waals surface area contributed by atoms with Gasteiger partial charge in [-0.15, -0.1) is 0 Å². The number of likely N-dealkylation sites (tertiary alicyclic amines) is 1. The first-order chi connectivity index (χ1) is 17.2. The standard InChI is InChI=1S/C29H39FN4O/c30-24-11-7-22(8-12-24)28(34-17-3-4-18-34)21-31-25-15-19-33(20-16-25)27-13-9-23(10-14-27)29(35)32-26-5-1-2-6-26/h7-14,25-26,28,31H,1-6,15-21H2,(H,32,35)/t28-/m0/s1. The van der Waals surface area contributed by atoms with E-state index in [2.05, 4.69) is 32.6 Å². The van der Waals surface area contributed by atoms with Crippen molar-refractivity contribution in [3.8, 4) is 0 Å². The minimum absolute atomic E-state index is 0.0556. The van der Waals surface area contributed by atoms with Gasteiger partial charge in [0.1, 0.15) is 5.82 Å². The Bertz CT molecular complexity index is 944. The maximum atomic E-state index is 13.5. The summed E-state index contributed by atoms with van der Waals surface area (Å²) in [6.07, 6.45) is 9.35. The molecule has 2 saturated heterocycles. The molecule has 6 heteroatoms. The monoisotopic (exact) mass is 478 g/mol. The van der Waals surface area contributed by atoms with E-state index in [0.29, 0.717) is 18.1 Å². The molecule has 2 N–H and O–H groups in total. The summed E-state index contributed by atoms with van der Waals surface area (Å²) in [4.78, 5) is 17.5. The first-order valence-electron chi connectivity index (χ1n) is 13.5. The van der Waals surface area contributed by atoms with Crippen LogP contribution in [0.3, 0.4) is 0 Å². The van der Waals surface area contributed by atoms with Crippen molar-refractivity contribution in [2.75, 3.05) is 37.6 Å². The van der Waals surface area contributed by atoms with Crippen molar-refractivity contribution in [3.05, 3.63) is 65.5 Å². The Morgan fingerprint density at radius 1 is 0.829 bits per heavy atom. The van der Waals surface area contributed by atoms with Crippen molar-refractivity contribution in [1.29, 1.82) is 0 Å². The van der Waals surface area contributed by atoms with Gasteiger partial charge in [0, 0.05) is 49.0 Å². The van der Waals surface area contributed by atoms with E-state index in [9.17, 15) is 9.18 Å². The Hall–Kier alpha value is -2.44. The van der Waals surface area contributed by atoms with Gasteiger partial charge in [-0.3, -0.25) is 9.69 Å². The fourth-order valence-corrected chi connectivity index (χ4v) is 5.98. The number of benzene rings is 2. The molecule has 188 valence electrons. The summed E-state index contributed by atoms with van der Waals surface area (Å²) in [5.74, 6) is -0.114. The first kappa shape index (κ1) is 24.3.